The van der Waals surface area contributed by atoms with E-state index in [2.05, 4.69) is 47.6 Å². The molecule has 0 fully saturated rings. The molecule has 0 radical (unpaired) electrons. The molecule has 1 unspecified atom stereocenters. The molecule has 1 aliphatic heterocycles. The Morgan fingerprint density at radius 2 is 1.37 bits per heavy atom. The molecule has 0 aromatic heterocycles. The van der Waals surface area contributed by atoms with Crippen molar-refractivity contribution in [3.05, 3.63) is 82.9 Å². The molecule has 0 bridgehead atoms. The van der Waals surface area contributed by atoms with Gasteiger partial charge in [-0.25, -0.2) is 0 Å². The highest BCUT2D eigenvalue weighted by atomic mass is 32.2. The first-order chi connectivity index (χ1) is 16.0. The van der Waals surface area contributed by atoms with Crippen molar-refractivity contribution in [1.29, 1.82) is 0 Å². The summed E-state index contributed by atoms with van der Waals surface area (Å²) in [6.45, 7) is 12.7. The first-order valence-electron chi connectivity index (χ1n) is 11.5. The van der Waals surface area contributed by atoms with E-state index in [1.165, 1.54) is 12.1 Å². The molecular weight excluding hydrogens is 471 g/mol. The van der Waals surface area contributed by atoms with E-state index < -0.39 is 21.6 Å². The zero-order valence-electron chi connectivity index (χ0n) is 20.7. The van der Waals surface area contributed by atoms with Crippen LogP contribution in [0.25, 0.3) is 17.2 Å². The Labute approximate surface area is 205 Å². The van der Waals surface area contributed by atoms with Crippen LogP contribution in [-0.2, 0) is 20.9 Å². The molecule has 186 valence electrons. The summed E-state index contributed by atoms with van der Waals surface area (Å²) in [5, 5.41) is 0. The van der Waals surface area contributed by atoms with E-state index in [1.807, 2.05) is 12.1 Å². The van der Waals surface area contributed by atoms with Gasteiger partial charge in [0.2, 0.25) is 0 Å². The number of nitrogens with zero attached hydrogens (tertiary/aromatic N) is 1. The van der Waals surface area contributed by atoms with Crippen LogP contribution in [0.1, 0.15) is 69.8 Å². The highest BCUT2D eigenvalue weighted by molar-refractivity contribution is 7.93. The van der Waals surface area contributed by atoms with Gasteiger partial charge in [-0.3, -0.25) is 4.31 Å². The third-order valence-electron chi connectivity index (χ3n) is 6.42. The second-order valence-corrected chi connectivity index (χ2v) is 12.9. The van der Waals surface area contributed by atoms with Crippen LogP contribution in [0.2, 0.25) is 0 Å². The van der Waals surface area contributed by atoms with Crippen molar-refractivity contribution in [3.63, 3.8) is 0 Å². The third-order valence-corrected chi connectivity index (χ3v) is 7.94. The number of para-hydroxylation sites is 1. The third kappa shape index (κ3) is 4.35. The average Bonchev–Trinajstić information content (AvgIpc) is 2.98. The zero-order valence-corrected chi connectivity index (χ0v) is 21.6. The van der Waals surface area contributed by atoms with E-state index in [0.717, 1.165) is 22.3 Å². The van der Waals surface area contributed by atoms with Crippen molar-refractivity contribution >= 4 is 21.8 Å². The summed E-state index contributed by atoms with van der Waals surface area (Å²) in [6, 6.07) is 14.6. The van der Waals surface area contributed by atoms with Gasteiger partial charge in [-0.1, -0.05) is 96.2 Å². The molecule has 1 aromatic carbocycles. The van der Waals surface area contributed by atoms with Gasteiger partial charge in [0.1, 0.15) is 0 Å². The van der Waals surface area contributed by atoms with Crippen molar-refractivity contribution in [2.45, 2.75) is 63.9 Å². The first-order valence-corrected chi connectivity index (χ1v) is 12.9. The van der Waals surface area contributed by atoms with Crippen LogP contribution >= 0.6 is 0 Å². The number of hydrogen-bond acceptors (Lipinski definition) is 2. The molecule has 1 aromatic rings. The predicted octanol–water partition coefficient (Wildman–Crippen LogP) is 7.81. The highest BCUT2D eigenvalue weighted by Crippen LogP contribution is 2.47. The fraction of sp³-hybridized carbons (Fsp3) is 0.357. The van der Waals surface area contributed by atoms with Crippen molar-refractivity contribution in [3.8, 4) is 11.1 Å². The maximum absolute atomic E-state index is 13.8. The van der Waals surface area contributed by atoms with Gasteiger partial charge in [-0.05, 0) is 56.3 Å². The van der Waals surface area contributed by atoms with Crippen LogP contribution in [-0.4, -0.2) is 13.9 Å². The monoisotopic (exact) mass is 501 g/mol. The Bertz CT molecular complexity index is 1380. The number of benzene rings is 1. The van der Waals surface area contributed by atoms with Gasteiger partial charge < -0.3 is 0 Å². The Morgan fingerprint density at radius 1 is 0.771 bits per heavy atom. The topological polar surface area (TPSA) is 37.4 Å². The zero-order chi connectivity index (χ0) is 26.0. The summed E-state index contributed by atoms with van der Waals surface area (Å²) in [5.74, 6) is 0. The summed E-state index contributed by atoms with van der Waals surface area (Å²) in [4.78, 5) is 0. The number of rotatable bonds is 2. The van der Waals surface area contributed by atoms with Crippen LogP contribution in [0.15, 0.2) is 60.7 Å². The largest absolute Gasteiger partial charge is 0.516 e. The molecule has 0 saturated carbocycles. The molecule has 2 aliphatic carbocycles. The lowest BCUT2D eigenvalue weighted by Gasteiger charge is -2.35. The fourth-order valence-electron chi connectivity index (χ4n) is 4.71. The quantitative estimate of drug-likeness (QED) is 0.359. The molecular formula is C28H30F3NO2S. The average molecular weight is 502 g/mol. The number of halogens is 3. The number of fused-ring (bicyclic) bond motifs is 2. The Hall–Kier alpha value is -2.80. The summed E-state index contributed by atoms with van der Waals surface area (Å²) in [5.41, 5.74) is -0.773. The van der Waals surface area contributed by atoms with E-state index in [0.29, 0.717) is 15.4 Å². The number of sulfonamides is 1. The molecule has 0 spiro atoms. The Morgan fingerprint density at radius 3 is 1.97 bits per heavy atom. The number of hydrogen-bond donors (Lipinski definition) is 0. The number of alkyl halides is 3. The molecule has 35 heavy (non-hydrogen) atoms. The van der Waals surface area contributed by atoms with Gasteiger partial charge in [0.05, 0.1) is 11.7 Å². The van der Waals surface area contributed by atoms with Crippen molar-refractivity contribution < 1.29 is 21.6 Å². The SMILES string of the molecule is CC(C)(C)c1cc(C(C)(C)C)c2cc(C3C=Cc4ccccc4N3S(=O)(=O)C(F)(F)F)cccc1-2. The van der Waals surface area contributed by atoms with Crippen LogP contribution in [0.3, 0.4) is 0 Å². The van der Waals surface area contributed by atoms with Gasteiger partial charge in [0, 0.05) is 0 Å². The summed E-state index contributed by atoms with van der Waals surface area (Å²) < 4.78 is 67.6. The van der Waals surface area contributed by atoms with Crippen molar-refractivity contribution in [2.75, 3.05) is 4.31 Å². The normalized spacial score (nSPS) is 17.1. The van der Waals surface area contributed by atoms with Crippen LogP contribution < -0.4 is 4.31 Å². The highest BCUT2D eigenvalue weighted by Gasteiger charge is 2.53. The Balaban J connectivity index is 1.99. The standard InChI is InChI=1S/C28H30F3NO2S/c1-26(2,3)22-17-23(27(4,5)6)21-16-19(11-9-12-20(21)22)25-15-14-18-10-7-8-13-24(18)32(25)35(33,34)28(29,30)31/h7-17,25H,1-6H3. The molecule has 0 amide bonds. The molecule has 1 atom stereocenters. The molecule has 3 aliphatic rings. The lowest BCUT2D eigenvalue weighted by Crippen LogP contribution is -2.43. The summed E-state index contributed by atoms with van der Waals surface area (Å²) >= 11 is 0. The lowest BCUT2D eigenvalue weighted by molar-refractivity contribution is -0.0439. The minimum Gasteiger partial charge on any atom is -0.251 e. The second kappa shape index (κ2) is 8.12. The van der Waals surface area contributed by atoms with E-state index in [1.54, 1.807) is 36.4 Å². The van der Waals surface area contributed by atoms with Gasteiger partial charge in [0.25, 0.3) is 0 Å². The smallest absolute Gasteiger partial charge is 0.251 e. The Kier molecular flexibility index (Phi) is 5.87. The minimum atomic E-state index is -5.66. The van der Waals surface area contributed by atoms with Gasteiger partial charge in [-0.15, -0.1) is 0 Å². The maximum Gasteiger partial charge on any atom is 0.516 e. The molecule has 0 saturated heterocycles. The lowest BCUT2D eigenvalue weighted by atomic mass is 9.85. The molecule has 3 nitrogen and oxygen atoms in total. The first kappa shape index (κ1) is 25.3. The summed E-state index contributed by atoms with van der Waals surface area (Å²) in [7, 11) is -5.66. The molecule has 7 heteroatoms. The summed E-state index contributed by atoms with van der Waals surface area (Å²) in [6.07, 6.45) is 3.21. The van der Waals surface area contributed by atoms with Crippen LogP contribution in [0.5, 0.6) is 0 Å². The minimum absolute atomic E-state index is 0.00834. The van der Waals surface area contributed by atoms with E-state index in [-0.39, 0.29) is 16.5 Å². The fourth-order valence-corrected chi connectivity index (χ4v) is 5.85. The van der Waals surface area contributed by atoms with E-state index in [4.69, 9.17) is 0 Å². The van der Waals surface area contributed by atoms with E-state index in [9.17, 15) is 21.6 Å². The van der Waals surface area contributed by atoms with Gasteiger partial charge in [-0.2, -0.15) is 21.6 Å². The van der Waals surface area contributed by atoms with Crippen LogP contribution in [0, 0.1) is 0 Å². The molecule has 4 rings (SSSR count). The van der Waals surface area contributed by atoms with Gasteiger partial charge >= 0.3 is 15.5 Å². The molecule has 1 heterocycles. The number of anilines is 1. The van der Waals surface area contributed by atoms with Gasteiger partial charge in [0.15, 0.2) is 0 Å². The maximum atomic E-state index is 13.8. The molecule has 0 N–H and O–H groups in total. The van der Waals surface area contributed by atoms with Crippen LogP contribution in [0.4, 0.5) is 18.9 Å². The van der Waals surface area contributed by atoms with Crippen molar-refractivity contribution in [1.82, 2.24) is 0 Å². The van der Waals surface area contributed by atoms with Crippen molar-refractivity contribution in [2.24, 2.45) is 0 Å². The second-order valence-electron chi connectivity index (χ2n) is 11.1. The predicted molar refractivity (Wildman–Crippen MR) is 136 cm³/mol. The van der Waals surface area contributed by atoms with E-state index >= 15 is 0 Å².